The van der Waals surface area contributed by atoms with Crippen LogP contribution in [0.3, 0.4) is 0 Å². The lowest BCUT2D eigenvalue weighted by molar-refractivity contribution is -0.223. The Labute approximate surface area is 342 Å². The van der Waals surface area contributed by atoms with Crippen molar-refractivity contribution in [3.8, 4) is 17.2 Å². The summed E-state index contributed by atoms with van der Waals surface area (Å²) < 4.78 is 27.0. The Balaban J connectivity index is 1.36. The maximum atomic E-state index is 9.95. The van der Waals surface area contributed by atoms with Gasteiger partial charge in [-0.3, -0.25) is 9.97 Å². The van der Waals surface area contributed by atoms with Gasteiger partial charge in [0, 0.05) is 62.5 Å². The average molecular weight is 798 g/mol. The van der Waals surface area contributed by atoms with Gasteiger partial charge in [0.15, 0.2) is 0 Å². The number of fused-ring (bicyclic) bond motifs is 2. The summed E-state index contributed by atoms with van der Waals surface area (Å²) in [5.74, 6) is 2.19. The summed E-state index contributed by atoms with van der Waals surface area (Å²) in [4.78, 5) is 15.1. The molecule has 4 aliphatic rings. The second kappa shape index (κ2) is 19.8. The first-order valence-electron chi connectivity index (χ1n) is 20.9. The summed E-state index contributed by atoms with van der Waals surface area (Å²) in [7, 11) is 0. The first kappa shape index (κ1) is 41.4. The third-order valence-corrected chi connectivity index (χ3v) is 13.4. The Hall–Kier alpha value is -3.74. The molecule has 0 amide bonds. The molecular weight excluding hydrogens is 739 g/mol. The van der Waals surface area contributed by atoms with E-state index in [1.165, 1.54) is 11.1 Å². The number of oxime groups is 1. The van der Waals surface area contributed by atoms with E-state index in [9.17, 15) is 10.2 Å². The monoisotopic (exact) mass is 797 g/mol. The van der Waals surface area contributed by atoms with Crippen LogP contribution in [0.5, 0.6) is 17.2 Å². The Morgan fingerprint density at radius 3 is 2.58 bits per heavy atom. The highest BCUT2D eigenvalue weighted by atomic mass is 32.2. The molecule has 306 valence electrons. The summed E-state index contributed by atoms with van der Waals surface area (Å²) in [5.41, 5.74) is 6.42. The highest BCUT2D eigenvalue weighted by Crippen LogP contribution is 2.62. The number of aromatic nitrogens is 2. The van der Waals surface area contributed by atoms with Gasteiger partial charge in [0.2, 0.25) is 12.1 Å². The number of thioether (sulfide) groups is 1. The van der Waals surface area contributed by atoms with Crippen molar-refractivity contribution in [2.75, 3.05) is 32.2 Å². The molecule has 1 saturated carbocycles. The van der Waals surface area contributed by atoms with Gasteiger partial charge in [-0.25, -0.2) is 0 Å². The van der Waals surface area contributed by atoms with Crippen LogP contribution in [0.1, 0.15) is 92.5 Å². The molecule has 0 spiro atoms. The average Bonchev–Trinajstić information content (AvgIpc) is 3.23. The molecule has 7 rings (SSSR count). The van der Waals surface area contributed by atoms with Crippen LogP contribution in [0.25, 0.3) is 0 Å². The number of ether oxygens (including phenoxy) is 4. The number of aliphatic hydroxyl groups excluding tert-OH is 2. The number of hydrogen-bond acceptors (Lipinski definition) is 11. The number of benzene rings is 2. The smallest absolute Gasteiger partial charge is 0.230 e. The van der Waals surface area contributed by atoms with Crippen molar-refractivity contribution in [3.63, 3.8) is 0 Å². The molecule has 0 radical (unpaired) electrons. The molecule has 2 aliphatic heterocycles. The minimum absolute atomic E-state index is 0.0285. The molecule has 57 heavy (non-hydrogen) atoms. The number of aryl methyl sites for hydroxylation is 3. The van der Waals surface area contributed by atoms with Crippen LogP contribution in [-0.4, -0.2) is 75.4 Å². The van der Waals surface area contributed by atoms with E-state index in [1.807, 2.05) is 30.1 Å². The zero-order chi connectivity index (χ0) is 39.6. The van der Waals surface area contributed by atoms with Gasteiger partial charge in [0.1, 0.15) is 17.2 Å². The molecular formula is C46H59N3O7S. The highest BCUT2D eigenvalue weighted by molar-refractivity contribution is 8.00. The molecule has 2 N–H and O–H groups in total. The van der Waals surface area contributed by atoms with Crippen LogP contribution in [0.15, 0.2) is 84.4 Å². The quantitative estimate of drug-likeness (QED) is 0.0690. The molecule has 3 heterocycles. The standard InChI is InChI=1S/C46H59N3O7S/c1-4-23-53-46-42(57-25-18-34-30-47-19-20-48-34)29-40(49-56-43-13-7-10-24-52-43)38-27-33(11-5-8-21-50)37(12-6-9-22-51)44(45(38)46)39-28-36(16-17-41(39)55-46)54-35-15-14-31(2)32(3)26-35/h4,14-17,19-20,26-28,30,33,37,42-45,50-51H,1,5-13,18,21-25,29H2,2-3H3/t33-,37+,42-,43?,44+,45+,46+/m0/s1. The van der Waals surface area contributed by atoms with E-state index in [0.717, 1.165) is 110 Å². The summed E-state index contributed by atoms with van der Waals surface area (Å²) in [5, 5.41) is 24.6. The Morgan fingerprint density at radius 2 is 1.82 bits per heavy atom. The van der Waals surface area contributed by atoms with Crippen LogP contribution < -0.4 is 9.47 Å². The van der Waals surface area contributed by atoms with E-state index < -0.39 is 5.79 Å². The van der Waals surface area contributed by atoms with Crippen molar-refractivity contribution < 1.29 is 34.0 Å². The molecule has 2 aromatic carbocycles. The van der Waals surface area contributed by atoms with Gasteiger partial charge >= 0.3 is 0 Å². The molecule has 1 unspecified atom stereocenters. The fraction of sp³-hybridized carbons (Fsp3) is 0.543. The predicted molar refractivity (Wildman–Crippen MR) is 224 cm³/mol. The first-order valence-corrected chi connectivity index (χ1v) is 22.0. The third-order valence-electron chi connectivity index (χ3n) is 12.0. The lowest BCUT2D eigenvalue weighted by Gasteiger charge is -2.58. The summed E-state index contributed by atoms with van der Waals surface area (Å²) in [6.07, 6.45) is 18.4. The van der Waals surface area contributed by atoms with Crippen molar-refractivity contribution in [2.45, 2.75) is 108 Å². The molecule has 3 aromatic rings. The number of rotatable bonds is 19. The Bertz CT molecular complexity index is 1850. The highest BCUT2D eigenvalue weighted by Gasteiger charge is 2.64. The SMILES string of the molecule is C=CCO[C@@]12Oc3ccc(Oc4ccc(C)c(C)c4)cc3[C@H]3[C@H](CCCCO)[C@@H](CCCCO)C=C(C(=NOC4CCCCO4)C[C@@H]1SCCc1cnccn1)[C@H]32. The van der Waals surface area contributed by atoms with E-state index in [1.54, 1.807) is 18.5 Å². The summed E-state index contributed by atoms with van der Waals surface area (Å²) >= 11 is 1.82. The largest absolute Gasteiger partial charge is 0.460 e. The molecule has 11 heteroatoms. The maximum Gasteiger partial charge on any atom is 0.230 e. The minimum Gasteiger partial charge on any atom is -0.460 e. The molecule has 2 fully saturated rings. The van der Waals surface area contributed by atoms with E-state index >= 15 is 0 Å². The number of allylic oxidation sites excluding steroid dienone is 1. The summed E-state index contributed by atoms with van der Waals surface area (Å²) in [6, 6.07) is 12.4. The molecule has 0 bridgehead atoms. The lowest BCUT2D eigenvalue weighted by atomic mass is 9.56. The fourth-order valence-corrected chi connectivity index (χ4v) is 10.5. The van der Waals surface area contributed by atoms with Gasteiger partial charge in [0.25, 0.3) is 0 Å². The van der Waals surface area contributed by atoms with Crippen LogP contribution in [-0.2, 0) is 20.7 Å². The van der Waals surface area contributed by atoms with Crippen molar-refractivity contribution in [1.82, 2.24) is 9.97 Å². The van der Waals surface area contributed by atoms with Crippen LogP contribution >= 0.6 is 11.8 Å². The van der Waals surface area contributed by atoms with Crippen molar-refractivity contribution >= 4 is 17.5 Å². The second-order valence-electron chi connectivity index (χ2n) is 15.8. The van der Waals surface area contributed by atoms with Gasteiger partial charge in [-0.15, -0.1) is 6.58 Å². The second-order valence-corrected chi connectivity index (χ2v) is 17.1. The molecule has 1 saturated heterocycles. The fourth-order valence-electron chi connectivity index (χ4n) is 9.13. The zero-order valence-corrected chi connectivity index (χ0v) is 34.3. The molecule has 7 atom stereocenters. The van der Waals surface area contributed by atoms with Gasteiger partial charge in [0.05, 0.1) is 35.8 Å². The number of hydrogen-bond donors (Lipinski definition) is 2. The maximum absolute atomic E-state index is 9.95. The van der Waals surface area contributed by atoms with Gasteiger partial charge in [-0.05, 0) is 117 Å². The zero-order valence-electron chi connectivity index (χ0n) is 33.5. The van der Waals surface area contributed by atoms with Gasteiger partial charge in [-0.2, -0.15) is 11.8 Å². The van der Waals surface area contributed by atoms with Crippen LogP contribution in [0, 0.1) is 31.6 Å². The van der Waals surface area contributed by atoms with E-state index in [-0.39, 0.29) is 48.4 Å². The normalized spacial score (nSPS) is 27.2. The topological polar surface area (TPSA) is 125 Å². The van der Waals surface area contributed by atoms with E-state index in [4.69, 9.17) is 28.9 Å². The number of aliphatic hydroxyl groups is 2. The van der Waals surface area contributed by atoms with Crippen molar-refractivity contribution in [3.05, 3.63) is 102 Å². The predicted octanol–water partition coefficient (Wildman–Crippen LogP) is 9.02. The molecule has 1 aromatic heterocycles. The van der Waals surface area contributed by atoms with Crippen LogP contribution in [0.4, 0.5) is 0 Å². The van der Waals surface area contributed by atoms with Gasteiger partial charge < -0.3 is 34.0 Å². The van der Waals surface area contributed by atoms with Gasteiger partial charge in [-0.1, -0.05) is 36.2 Å². The summed E-state index contributed by atoms with van der Waals surface area (Å²) in [6.45, 7) is 9.57. The Morgan fingerprint density at radius 1 is 1.00 bits per heavy atom. The number of unbranched alkanes of at least 4 members (excludes halogenated alkanes) is 2. The minimum atomic E-state index is -1.05. The van der Waals surface area contributed by atoms with E-state index in [0.29, 0.717) is 19.6 Å². The van der Waals surface area contributed by atoms with E-state index in [2.05, 4.69) is 60.7 Å². The van der Waals surface area contributed by atoms with Crippen molar-refractivity contribution in [2.24, 2.45) is 22.9 Å². The lowest BCUT2D eigenvalue weighted by Crippen LogP contribution is -2.64. The van der Waals surface area contributed by atoms with Crippen molar-refractivity contribution in [1.29, 1.82) is 0 Å². The molecule has 2 aliphatic carbocycles. The van der Waals surface area contributed by atoms with Crippen LogP contribution in [0.2, 0.25) is 0 Å². The molecule has 10 nitrogen and oxygen atoms in total. The number of nitrogens with zero attached hydrogens (tertiary/aromatic N) is 3. The first-order chi connectivity index (χ1) is 27.9. The Kier molecular flexibility index (Phi) is 14.4. The third kappa shape index (κ3) is 9.60.